The van der Waals surface area contributed by atoms with Crippen LogP contribution in [0.2, 0.25) is 0 Å². The highest BCUT2D eigenvalue weighted by molar-refractivity contribution is 7.92. The van der Waals surface area contributed by atoms with Crippen molar-refractivity contribution in [1.29, 1.82) is 0 Å². The second-order valence-corrected chi connectivity index (χ2v) is 7.61. The molecule has 7 nitrogen and oxygen atoms in total. The monoisotopic (exact) mass is 340 g/mol. The fraction of sp³-hybridized carbons (Fsp3) is 0.467. The number of hydrogen-bond acceptors (Lipinski definition) is 4. The number of benzene rings is 1. The van der Waals surface area contributed by atoms with Gasteiger partial charge in [-0.25, -0.2) is 8.42 Å². The molecule has 1 aromatic carbocycles. The van der Waals surface area contributed by atoms with E-state index in [1.807, 2.05) is 0 Å². The van der Waals surface area contributed by atoms with Gasteiger partial charge in [-0.15, -0.1) is 0 Å². The Bertz CT molecular complexity index is 729. The number of amides is 1. The van der Waals surface area contributed by atoms with E-state index >= 15 is 0 Å². The van der Waals surface area contributed by atoms with Gasteiger partial charge >= 0.3 is 5.97 Å². The summed E-state index contributed by atoms with van der Waals surface area (Å²) in [6, 6.07) is 4.29. The first-order valence-corrected chi connectivity index (χ1v) is 9.18. The third-order valence-electron chi connectivity index (χ3n) is 3.94. The largest absolute Gasteiger partial charge is 0.481 e. The van der Waals surface area contributed by atoms with Gasteiger partial charge in [-0.1, -0.05) is 12.5 Å². The molecule has 0 heterocycles. The molecule has 0 unspecified atom stereocenters. The van der Waals surface area contributed by atoms with Crippen LogP contribution in [0.25, 0.3) is 0 Å². The number of rotatable bonds is 5. The van der Waals surface area contributed by atoms with Crippen LogP contribution in [0.1, 0.15) is 35.2 Å². The molecule has 1 amide bonds. The van der Waals surface area contributed by atoms with E-state index < -0.39 is 33.9 Å². The van der Waals surface area contributed by atoms with Gasteiger partial charge in [0.15, 0.2) is 0 Å². The van der Waals surface area contributed by atoms with Gasteiger partial charge in [0, 0.05) is 11.6 Å². The van der Waals surface area contributed by atoms with Crippen molar-refractivity contribution in [1.82, 2.24) is 5.32 Å². The first kappa shape index (κ1) is 17.3. The first-order chi connectivity index (χ1) is 10.7. The number of hydrogen-bond donors (Lipinski definition) is 3. The molecule has 0 aromatic heterocycles. The fourth-order valence-corrected chi connectivity index (χ4v) is 3.37. The number of sulfonamides is 1. The van der Waals surface area contributed by atoms with E-state index in [-0.39, 0.29) is 5.56 Å². The summed E-state index contributed by atoms with van der Waals surface area (Å²) >= 11 is 0. The maximum atomic E-state index is 12.3. The molecule has 0 saturated heterocycles. The number of nitrogens with one attached hydrogen (secondary N) is 2. The number of aryl methyl sites for hydroxylation is 1. The highest BCUT2D eigenvalue weighted by Crippen LogP contribution is 2.26. The highest BCUT2D eigenvalue weighted by Gasteiger charge is 2.34. The normalized spacial score (nSPS) is 21.0. The van der Waals surface area contributed by atoms with Crippen LogP contribution in [0, 0.1) is 12.8 Å². The Hall–Kier alpha value is -2.09. The van der Waals surface area contributed by atoms with Crippen molar-refractivity contribution >= 4 is 27.6 Å². The van der Waals surface area contributed by atoms with Gasteiger partial charge in [0.05, 0.1) is 17.9 Å². The van der Waals surface area contributed by atoms with Crippen molar-refractivity contribution in [3.8, 4) is 0 Å². The molecular weight excluding hydrogens is 320 g/mol. The van der Waals surface area contributed by atoms with Crippen molar-refractivity contribution in [2.24, 2.45) is 5.92 Å². The summed E-state index contributed by atoms with van der Waals surface area (Å²) in [5.74, 6) is -1.88. The van der Waals surface area contributed by atoms with Crippen LogP contribution in [0.5, 0.6) is 0 Å². The lowest BCUT2D eigenvalue weighted by molar-refractivity contribution is -0.142. The zero-order valence-corrected chi connectivity index (χ0v) is 13.8. The van der Waals surface area contributed by atoms with Crippen molar-refractivity contribution in [3.63, 3.8) is 0 Å². The second kappa shape index (κ2) is 6.57. The minimum absolute atomic E-state index is 0.290. The third kappa shape index (κ3) is 4.44. The molecule has 2 rings (SSSR count). The lowest BCUT2D eigenvalue weighted by Crippen LogP contribution is -2.40. The van der Waals surface area contributed by atoms with Crippen molar-refractivity contribution < 1.29 is 23.1 Å². The van der Waals surface area contributed by atoms with Crippen LogP contribution >= 0.6 is 0 Å². The first-order valence-electron chi connectivity index (χ1n) is 7.29. The van der Waals surface area contributed by atoms with Crippen molar-refractivity contribution in [2.75, 3.05) is 11.0 Å². The second-order valence-electron chi connectivity index (χ2n) is 5.86. The molecule has 1 aliphatic rings. The maximum Gasteiger partial charge on any atom is 0.308 e. The molecule has 3 N–H and O–H groups in total. The predicted molar refractivity (Wildman–Crippen MR) is 85.9 cm³/mol. The van der Waals surface area contributed by atoms with Crippen LogP contribution in [-0.2, 0) is 14.8 Å². The molecule has 0 spiro atoms. The van der Waals surface area contributed by atoms with Crippen LogP contribution in [0.15, 0.2) is 18.2 Å². The summed E-state index contributed by atoms with van der Waals surface area (Å²) in [4.78, 5) is 23.5. The smallest absolute Gasteiger partial charge is 0.308 e. The third-order valence-corrected chi connectivity index (χ3v) is 4.54. The summed E-state index contributed by atoms with van der Waals surface area (Å²) in [7, 11) is -3.44. The van der Waals surface area contributed by atoms with E-state index in [0.717, 1.165) is 12.7 Å². The summed E-state index contributed by atoms with van der Waals surface area (Å²) in [6.07, 6.45) is 2.98. The number of carboxylic acids is 1. The van der Waals surface area contributed by atoms with Crippen LogP contribution in [-0.4, -0.2) is 37.7 Å². The van der Waals surface area contributed by atoms with Crippen molar-refractivity contribution in [3.05, 3.63) is 29.3 Å². The summed E-state index contributed by atoms with van der Waals surface area (Å²) in [5.41, 5.74) is 1.32. The van der Waals surface area contributed by atoms with Gasteiger partial charge in [0.2, 0.25) is 10.0 Å². The summed E-state index contributed by atoms with van der Waals surface area (Å²) in [6.45, 7) is 1.73. The molecular formula is C15H20N2O5S. The molecule has 1 aliphatic carbocycles. The van der Waals surface area contributed by atoms with E-state index in [1.54, 1.807) is 19.1 Å². The predicted octanol–water partition coefficient (Wildman–Crippen LogP) is 1.35. The molecule has 0 aliphatic heterocycles. The van der Waals surface area contributed by atoms with E-state index in [1.165, 1.54) is 6.07 Å². The van der Waals surface area contributed by atoms with Crippen LogP contribution < -0.4 is 10.0 Å². The van der Waals surface area contributed by atoms with E-state index in [0.29, 0.717) is 24.1 Å². The Labute approximate surface area is 135 Å². The van der Waals surface area contributed by atoms with Crippen LogP contribution in [0.3, 0.4) is 0 Å². The Kier molecular flexibility index (Phi) is 4.93. The SMILES string of the molecule is Cc1ccc(C(=O)N[C@@H]2CCC[C@@H]2C(=O)O)cc1NS(C)(=O)=O. The number of carboxylic acid groups (broad SMARTS) is 1. The zero-order valence-electron chi connectivity index (χ0n) is 13.0. The molecule has 23 heavy (non-hydrogen) atoms. The minimum Gasteiger partial charge on any atom is -0.481 e. The minimum atomic E-state index is -3.44. The summed E-state index contributed by atoms with van der Waals surface area (Å²) in [5, 5.41) is 11.9. The van der Waals surface area contributed by atoms with E-state index in [2.05, 4.69) is 10.0 Å². The molecule has 1 fully saturated rings. The van der Waals surface area contributed by atoms with Gasteiger partial charge in [0.25, 0.3) is 5.91 Å². The molecule has 2 atom stereocenters. The topological polar surface area (TPSA) is 113 Å². The fourth-order valence-electron chi connectivity index (χ4n) is 2.75. The van der Waals surface area contributed by atoms with Crippen molar-refractivity contribution in [2.45, 2.75) is 32.2 Å². The van der Waals surface area contributed by atoms with E-state index in [4.69, 9.17) is 5.11 Å². The average molecular weight is 340 g/mol. The molecule has 0 bridgehead atoms. The van der Waals surface area contributed by atoms with Crippen LogP contribution in [0.4, 0.5) is 5.69 Å². The molecule has 8 heteroatoms. The van der Waals surface area contributed by atoms with E-state index in [9.17, 15) is 18.0 Å². The maximum absolute atomic E-state index is 12.3. The summed E-state index contributed by atoms with van der Waals surface area (Å²) < 4.78 is 25.1. The Morgan fingerprint density at radius 1 is 1.26 bits per heavy atom. The number of carbonyl (C=O) groups is 2. The number of carbonyl (C=O) groups excluding carboxylic acids is 1. The Balaban J connectivity index is 2.16. The number of anilines is 1. The highest BCUT2D eigenvalue weighted by atomic mass is 32.2. The lowest BCUT2D eigenvalue weighted by atomic mass is 10.0. The quantitative estimate of drug-likeness (QED) is 0.749. The van der Waals surface area contributed by atoms with Gasteiger partial charge in [-0.3, -0.25) is 14.3 Å². The molecule has 1 aromatic rings. The van der Waals surface area contributed by atoms with Gasteiger partial charge in [0.1, 0.15) is 0 Å². The zero-order chi connectivity index (χ0) is 17.2. The Morgan fingerprint density at radius 3 is 2.57 bits per heavy atom. The standard InChI is InChI=1S/C15H20N2O5S/c1-9-6-7-10(8-13(9)17-23(2,21)22)14(18)16-12-5-3-4-11(12)15(19)20/h6-8,11-12,17H,3-5H2,1-2H3,(H,16,18)(H,19,20)/t11-,12+/m0/s1. The molecule has 126 valence electrons. The van der Waals surface area contributed by atoms with Gasteiger partial charge in [-0.05, 0) is 37.5 Å². The number of aliphatic carboxylic acids is 1. The van der Waals surface area contributed by atoms with Gasteiger partial charge in [-0.2, -0.15) is 0 Å². The average Bonchev–Trinajstić information content (AvgIpc) is 2.88. The Morgan fingerprint density at radius 2 is 1.96 bits per heavy atom. The lowest BCUT2D eigenvalue weighted by Gasteiger charge is -2.18. The molecule has 0 radical (unpaired) electrons. The molecule has 1 saturated carbocycles. The van der Waals surface area contributed by atoms with Gasteiger partial charge < -0.3 is 10.4 Å².